The maximum atomic E-state index is 12.5. The molecule has 0 aliphatic carbocycles. The van der Waals surface area contributed by atoms with Gasteiger partial charge in [-0.05, 0) is 37.3 Å². The van der Waals surface area contributed by atoms with Gasteiger partial charge in [0.05, 0.1) is 10.6 Å². The maximum Gasteiger partial charge on any atom is 0.254 e. The van der Waals surface area contributed by atoms with Crippen molar-refractivity contribution in [2.75, 3.05) is 19.4 Å². The molecule has 30 heavy (non-hydrogen) atoms. The maximum absolute atomic E-state index is 12.5. The quantitative estimate of drug-likeness (QED) is 0.556. The van der Waals surface area contributed by atoms with Crippen molar-refractivity contribution in [3.63, 3.8) is 0 Å². The molecule has 0 unspecified atom stereocenters. The first-order valence-electron chi connectivity index (χ1n) is 9.29. The number of amides is 2. The molecule has 1 aromatic heterocycles. The number of hydrogen-bond donors (Lipinski definition) is 2. The molecule has 2 aromatic carbocycles. The highest BCUT2D eigenvalue weighted by Crippen LogP contribution is 2.22. The van der Waals surface area contributed by atoms with Crippen LogP contribution in [0.3, 0.4) is 0 Å². The van der Waals surface area contributed by atoms with E-state index in [0.29, 0.717) is 33.4 Å². The summed E-state index contributed by atoms with van der Waals surface area (Å²) in [5.41, 5.74) is 2.90. The summed E-state index contributed by atoms with van der Waals surface area (Å²) in [6.07, 6.45) is 0.187. The number of nitrogens with one attached hydrogen (secondary N) is 2. The van der Waals surface area contributed by atoms with Gasteiger partial charge in [0.25, 0.3) is 5.91 Å². The molecule has 3 rings (SSSR count). The fourth-order valence-electron chi connectivity index (χ4n) is 2.89. The third-order valence-electron chi connectivity index (χ3n) is 4.52. The van der Waals surface area contributed by atoms with Crippen LogP contribution in [-0.4, -0.2) is 45.6 Å². The zero-order valence-corrected chi connectivity index (χ0v) is 18.5. The van der Waals surface area contributed by atoms with Crippen LogP contribution in [0.25, 0.3) is 11.4 Å². The average Bonchev–Trinajstić information content (AvgIpc) is 3.08. The number of nitrogens with zero attached hydrogens (tertiary/aromatic N) is 3. The van der Waals surface area contributed by atoms with Crippen molar-refractivity contribution in [2.45, 2.75) is 19.9 Å². The Morgan fingerprint density at radius 3 is 2.57 bits per heavy atom. The van der Waals surface area contributed by atoms with Gasteiger partial charge in [0.15, 0.2) is 10.6 Å². The molecule has 9 heteroatoms. The van der Waals surface area contributed by atoms with E-state index in [2.05, 4.69) is 15.5 Å². The number of aryl methyl sites for hydroxylation is 1. The Morgan fingerprint density at radius 1 is 1.20 bits per heavy atom. The number of aromatic nitrogens is 3. The zero-order valence-electron chi connectivity index (χ0n) is 16.9. The molecule has 0 fully saturated rings. The molecular weight excluding hydrogens is 422 g/mol. The van der Waals surface area contributed by atoms with Gasteiger partial charge in [-0.2, -0.15) is 5.10 Å². The van der Waals surface area contributed by atoms with Crippen LogP contribution in [0.1, 0.15) is 22.3 Å². The van der Waals surface area contributed by atoms with E-state index >= 15 is 0 Å². The lowest BCUT2D eigenvalue weighted by atomic mass is 10.1. The average molecular weight is 444 g/mol. The van der Waals surface area contributed by atoms with Crippen molar-refractivity contribution >= 4 is 41.3 Å². The van der Waals surface area contributed by atoms with E-state index in [1.165, 1.54) is 4.90 Å². The molecule has 2 amide bonds. The summed E-state index contributed by atoms with van der Waals surface area (Å²) in [7, 11) is 3.29. The minimum absolute atomic E-state index is 0.187. The van der Waals surface area contributed by atoms with Crippen molar-refractivity contribution in [1.29, 1.82) is 0 Å². The van der Waals surface area contributed by atoms with Crippen LogP contribution < -0.4 is 5.32 Å². The van der Waals surface area contributed by atoms with Gasteiger partial charge in [-0.15, -0.1) is 0 Å². The summed E-state index contributed by atoms with van der Waals surface area (Å²) in [6.45, 7) is 2.38. The number of hydrogen-bond acceptors (Lipinski definition) is 4. The van der Waals surface area contributed by atoms with Gasteiger partial charge in [-0.3, -0.25) is 19.3 Å². The van der Waals surface area contributed by atoms with Gasteiger partial charge >= 0.3 is 0 Å². The number of H-pyrrole nitrogens is 1. The zero-order chi connectivity index (χ0) is 21.8. The molecule has 2 N–H and O–H groups in total. The van der Waals surface area contributed by atoms with Gasteiger partial charge in [0, 0.05) is 38.3 Å². The normalized spacial score (nSPS) is 10.7. The van der Waals surface area contributed by atoms with E-state index in [9.17, 15) is 9.59 Å². The molecule has 1 heterocycles. The standard InChI is InChI=1S/C21H22ClN5O2S/c1-13-4-6-14(7-5-13)19-24-25-21(30)27(19)11-10-18(28)23-15-8-9-17(22)16(12-15)20(29)26(2)3/h4-9,12H,10-11H2,1-3H3,(H,23,28)(H,25,30). The Balaban J connectivity index is 1.71. The lowest BCUT2D eigenvalue weighted by Crippen LogP contribution is -2.22. The van der Waals surface area contributed by atoms with E-state index in [1.807, 2.05) is 31.2 Å². The number of benzene rings is 2. The molecule has 0 saturated carbocycles. The van der Waals surface area contributed by atoms with E-state index in [0.717, 1.165) is 11.1 Å². The smallest absolute Gasteiger partial charge is 0.254 e. The molecule has 0 aliphatic rings. The second kappa shape index (κ2) is 9.23. The summed E-state index contributed by atoms with van der Waals surface area (Å²) in [5, 5.41) is 10.2. The topological polar surface area (TPSA) is 83.0 Å². The molecule has 7 nitrogen and oxygen atoms in total. The summed E-state index contributed by atoms with van der Waals surface area (Å²) in [4.78, 5) is 26.1. The SMILES string of the molecule is Cc1ccc(-c2n[nH]c(=S)n2CCC(=O)Nc2ccc(Cl)c(C(=O)N(C)C)c2)cc1. The van der Waals surface area contributed by atoms with Crippen LogP contribution in [0, 0.1) is 11.7 Å². The minimum Gasteiger partial charge on any atom is -0.345 e. The first-order valence-corrected chi connectivity index (χ1v) is 10.1. The number of halogens is 1. The minimum atomic E-state index is -0.233. The fraction of sp³-hybridized carbons (Fsp3) is 0.238. The Bertz CT molecular complexity index is 1140. The Labute approximate surface area is 184 Å². The predicted octanol–water partition coefficient (Wildman–Crippen LogP) is 4.30. The van der Waals surface area contributed by atoms with Gasteiger partial charge in [-0.25, -0.2) is 0 Å². The molecule has 0 atom stereocenters. The van der Waals surface area contributed by atoms with E-state index in [4.69, 9.17) is 23.8 Å². The largest absolute Gasteiger partial charge is 0.345 e. The Kier molecular flexibility index (Phi) is 6.69. The van der Waals surface area contributed by atoms with Gasteiger partial charge in [0.2, 0.25) is 5.91 Å². The first kappa shape index (κ1) is 21.7. The third kappa shape index (κ3) is 4.95. The van der Waals surface area contributed by atoms with Crippen molar-refractivity contribution in [2.24, 2.45) is 0 Å². The van der Waals surface area contributed by atoms with E-state index in [1.54, 1.807) is 36.9 Å². The molecule has 156 valence electrons. The lowest BCUT2D eigenvalue weighted by molar-refractivity contribution is -0.116. The van der Waals surface area contributed by atoms with Gasteiger partial charge in [-0.1, -0.05) is 41.4 Å². The van der Waals surface area contributed by atoms with Gasteiger partial charge < -0.3 is 10.2 Å². The monoisotopic (exact) mass is 443 g/mol. The predicted molar refractivity (Wildman–Crippen MR) is 120 cm³/mol. The van der Waals surface area contributed by atoms with Crippen LogP contribution in [-0.2, 0) is 11.3 Å². The van der Waals surface area contributed by atoms with Crippen LogP contribution in [0.2, 0.25) is 5.02 Å². The highest BCUT2D eigenvalue weighted by Gasteiger charge is 2.15. The number of carbonyl (C=O) groups is 2. The summed E-state index contributed by atoms with van der Waals surface area (Å²) >= 11 is 11.4. The Morgan fingerprint density at radius 2 is 1.90 bits per heavy atom. The first-order chi connectivity index (χ1) is 14.3. The number of aromatic amines is 1. The van der Waals surface area contributed by atoms with Crippen LogP contribution in [0.4, 0.5) is 5.69 Å². The van der Waals surface area contributed by atoms with Crippen LogP contribution in [0.15, 0.2) is 42.5 Å². The molecule has 0 bridgehead atoms. The van der Waals surface area contributed by atoms with Gasteiger partial charge in [0.1, 0.15) is 0 Å². The molecule has 3 aromatic rings. The number of anilines is 1. The van der Waals surface area contributed by atoms with E-state index in [-0.39, 0.29) is 18.2 Å². The molecular formula is C21H22ClN5O2S. The van der Waals surface area contributed by atoms with Crippen molar-refractivity contribution in [3.05, 3.63) is 63.4 Å². The summed E-state index contributed by atoms with van der Waals surface area (Å²) in [5.74, 6) is 0.236. The number of rotatable bonds is 6. The van der Waals surface area contributed by atoms with Crippen molar-refractivity contribution in [1.82, 2.24) is 19.7 Å². The lowest BCUT2D eigenvalue weighted by Gasteiger charge is -2.13. The van der Waals surface area contributed by atoms with Crippen molar-refractivity contribution in [3.8, 4) is 11.4 Å². The summed E-state index contributed by atoms with van der Waals surface area (Å²) < 4.78 is 2.24. The Hall–Kier alpha value is -2.97. The highest BCUT2D eigenvalue weighted by molar-refractivity contribution is 7.71. The van der Waals surface area contributed by atoms with E-state index < -0.39 is 0 Å². The molecule has 0 spiro atoms. The van der Waals surface area contributed by atoms with Crippen LogP contribution in [0.5, 0.6) is 0 Å². The number of carbonyl (C=O) groups excluding carboxylic acids is 2. The molecule has 0 aliphatic heterocycles. The third-order valence-corrected chi connectivity index (χ3v) is 5.16. The highest BCUT2D eigenvalue weighted by atomic mass is 35.5. The second-order valence-corrected chi connectivity index (χ2v) is 7.86. The van der Waals surface area contributed by atoms with Crippen LogP contribution >= 0.6 is 23.8 Å². The second-order valence-electron chi connectivity index (χ2n) is 7.06. The van der Waals surface area contributed by atoms with Crippen molar-refractivity contribution < 1.29 is 9.59 Å². The fourth-order valence-corrected chi connectivity index (χ4v) is 3.31. The summed E-state index contributed by atoms with van der Waals surface area (Å²) in [6, 6.07) is 12.8. The molecule has 0 saturated heterocycles. The molecule has 0 radical (unpaired) electrons.